The average Bonchev–Trinajstić information content (AvgIpc) is 3.25. The van der Waals surface area contributed by atoms with Crippen LogP contribution in [0.25, 0.3) is 16.7 Å². The van der Waals surface area contributed by atoms with Gasteiger partial charge in [0.1, 0.15) is 23.6 Å². The van der Waals surface area contributed by atoms with Crippen LogP contribution in [-0.4, -0.2) is 76.9 Å². The molecule has 0 heterocycles. The molecule has 0 aliphatic heterocycles. The Morgan fingerprint density at radius 3 is 0.967 bits per heavy atom. The maximum atomic E-state index is 13.2. The van der Waals surface area contributed by atoms with E-state index in [0.29, 0.717) is 69.0 Å². The predicted octanol–water partition coefficient (Wildman–Crippen LogP) is 10.3. The van der Waals surface area contributed by atoms with E-state index < -0.39 is 17.9 Å². The van der Waals surface area contributed by atoms with Crippen molar-refractivity contribution >= 4 is 34.6 Å². The lowest BCUT2D eigenvalue weighted by molar-refractivity contribution is -0.137. The molecule has 0 aliphatic rings. The first-order chi connectivity index (χ1) is 29.0. The Balaban J connectivity index is 1.26. The number of esters is 3. The minimum atomic E-state index is -0.521. The molecular weight excluding hydrogens is 778 g/mol. The first kappa shape index (κ1) is 49.3. The van der Waals surface area contributed by atoms with Crippen LogP contribution in [0.5, 0.6) is 0 Å². The summed E-state index contributed by atoms with van der Waals surface area (Å²) < 4.78 is 73.5. The van der Waals surface area contributed by atoms with Crippen LogP contribution in [0, 0.1) is 17.5 Å². The Morgan fingerprint density at radius 2 is 0.667 bits per heavy atom. The lowest BCUT2D eigenvalue weighted by Gasteiger charge is -2.18. The number of halogens is 3. The van der Waals surface area contributed by atoms with Crippen molar-refractivity contribution < 1.29 is 56.0 Å². The predicted molar refractivity (Wildman–Crippen MR) is 226 cm³/mol. The van der Waals surface area contributed by atoms with Crippen LogP contribution >= 0.6 is 0 Å². The highest BCUT2D eigenvalue weighted by Crippen LogP contribution is 2.18. The Kier molecular flexibility index (Phi) is 24.0. The molecule has 12 heteroatoms. The summed E-state index contributed by atoms with van der Waals surface area (Å²) >= 11 is 0. The number of benzene rings is 3. The van der Waals surface area contributed by atoms with Crippen molar-refractivity contribution in [2.24, 2.45) is 0 Å². The van der Waals surface area contributed by atoms with Crippen molar-refractivity contribution in [2.45, 2.75) is 83.2 Å². The summed E-state index contributed by atoms with van der Waals surface area (Å²) in [5, 5.41) is 0. The van der Waals surface area contributed by atoms with Crippen LogP contribution in [0.15, 0.2) is 92.5 Å². The van der Waals surface area contributed by atoms with Gasteiger partial charge in [0.15, 0.2) is 0 Å². The normalized spacial score (nSPS) is 11.0. The van der Waals surface area contributed by atoms with Gasteiger partial charge in [-0.15, -0.1) is 0 Å². The number of rotatable bonds is 32. The first-order valence-electron chi connectivity index (χ1n) is 20.7. The minimum Gasteiger partial charge on any atom is -0.462 e. The maximum Gasteiger partial charge on any atom is 0.338 e. The molecule has 0 fully saturated rings. The molecule has 60 heavy (non-hydrogen) atoms. The van der Waals surface area contributed by atoms with E-state index in [1.165, 1.54) is 72.8 Å². The summed E-state index contributed by atoms with van der Waals surface area (Å²) in [7, 11) is 0. The summed E-state index contributed by atoms with van der Waals surface area (Å²) in [5.41, 5.74) is 2.14. The van der Waals surface area contributed by atoms with E-state index in [-0.39, 0.29) is 60.1 Å². The number of hydrogen-bond acceptors (Lipinski definition) is 9. The SMILES string of the molecule is C=C(C(=O)OCCCCCCOCC(COCCCCCCOC(=O)C(=C)c1ccc(F)cc1)OCCCCCCOC(=O)C(=C)c1ccc(F)cc1)c1ccc(F)cc1. The highest BCUT2D eigenvalue weighted by Gasteiger charge is 2.14. The second-order valence-electron chi connectivity index (χ2n) is 14.2. The van der Waals surface area contributed by atoms with E-state index in [1.807, 2.05) is 0 Å². The first-order valence-corrected chi connectivity index (χ1v) is 20.7. The van der Waals surface area contributed by atoms with Crippen LogP contribution in [0.4, 0.5) is 13.2 Å². The van der Waals surface area contributed by atoms with Gasteiger partial charge in [-0.3, -0.25) is 0 Å². The number of ether oxygens (including phenoxy) is 6. The molecule has 0 amide bonds. The molecule has 0 spiro atoms. The van der Waals surface area contributed by atoms with E-state index in [4.69, 9.17) is 28.4 Å². The van der Waals surface area contributed by atoms with Crippen molar-refractivity contribution in [1.29, 1.82) is 0 Å². The molecule has 9 nitrogen and oxygen atoms in total. The highest BCUT2D eigenvalue weighted by atomic mass is 19.1. The van der Waals surface area contributed by atoms with E-state index in [1.54, 1.807) is 0 Å². The standard InChI is InChI=1S/C48H59F3O9/c1-36(39-16-22-42(49)23-17-39)46(52)58-31-13-6-4-10-28-55-34-45(57-30-12-8-9-15-33-60-48(54)38(3)41-20-26-44(51)27-21-41)35-56-29-11-5-7-14-32-59-47(53)37(2)40-18-24-43(50)25-19-40/h16-27,45H,1-15,28-35H2. The van der Waals surface area contributed by atoms with Gasteiger partial charge in [0.25, 0.3) is 0 Å². The third-order valence-electron chi connectivity index (χ3n) is 9.38. The van der Waals surface area contributed by atoms with Crippen molar-refractivity contribution in [2.75, 3.05) is 52.9 Å². The molecule has 0 N–H and O–H groups in total. The van der Waals surface area contributed by atoms with E-state index in [9.17, 15) is 27.6 Å². The molecule has 0 aromatic heterocycles. The Labute approximate surface area is 352 Å². The zero-order valence-electron chi connectivity index (χ0n) is 34.6. The zero-order valence-corrected chi connectivity index (χ0v) is 34.6. The van der Waals surface area contributed by atoms with Gasteiger partial charge in [0.05, 0.1) is 49.8 Å². The van der Waals surface area contributed by atoms with Crippen molar-refractivity contribution in [3.8, 4) is 0 Å². The minimum absolute atomic E-state index is 0.190. The van der Waals surface area contributed by atoms with E-state index in [2.05, 4.69) is 19.7 Å². The molecule has 0 atom stereocenters. The van der Waals surface area contributed by atoms with Gasteiger partial charge in [-0.1, -0.05) is 75.4 Å². The lowest BCUT2D eigenvalue weighted by Crippen LogP contribution is -2.27. The molecule has 0 unspecified atom stereocenters. The van der Waals surface area contributed by atoms with Gasteiger partial charge in [0, 0.05) is 19.8 Å². The van der Waals surface area contributed by atoms with Crippen LogP contribution in [0.2, 0.25) is 0 Å². The smallest absolute Gasteiger partial charge is 0.338 e. The van der Waals surface area contributed by atoms with Crippen LogP contribution in [0.3, 0.4) is 0 Å². The summed E-state index contributed by atoms with van der Waals surface area (Å²) in [4.78, 5) is 36.8. The molecule has 3 aromatic carbocycles. The van der Waals surface area contributed by atoms with Gasteiger partial charge >= 0.3 is 17.9 Å². The van der Waals surface area contributed by atoms with Crippen molar-refractivity contribution in [1.82, 2.24) is 0 Å². The quantitative estimate of drug-likeness (QED) is 0.0263. The molecule has 3 rings (SSSR count). The Hall–Kier alpha value is -5.04. The topological polar surface area (TPSA) is 107 Å². The van der Waals surface area contributed by atoms with Gasteiger partial charge in [-0.05, 0) is 111 Å². The second-order valence-corrected chi connectivity index (χ2v) is 14.2. The molecule has 0 aliphatic carbocycles. The molecule has 0 bridgehead atoms. The fourth-order valence-electron chi connectivity index (χ4n) is 5.76. The van der Waals surface area contributed by atoms with Crippen LogP contribution in [0.1, 0.15) is 93.7 Å². The number of carbonyl (C=O) groups is 3. The summed E-state index contributed by atoms with van der Waals surface area (Å²) in [6.07, 6.45) is 9.59. The summed E-state index contributed by atoms with van der Waals surface area (Å²) in [6.45, 7) is 14.5. The molecular formula is C48H59F3O9. The lowest BCUT2D eigenvalue weighted by atomic mass is 10.1. The Morgan fingerprint density at radius 1 is 0.400 bits per heavy atom. The van der Waals surface area contributed by atoms with Gasteiger partial charge in [0.2, 0.25) is 0 Å². The number of unbranched alkanes of at least 4 members (excludes halogenated alkanes) is 9. The van der Waals surface area contributed by atoms with Crippen LogP contribution < -0.4 is 0 Å². The number of carbonyl (C=O) groups excluding carboxylic acids is 3. The molecule has 326 valence electrons. The van der Waals surface area contributed by atoms with Crippen molar-refractivity contribution in [3.63, 3.8) is 0 Å². The fourth-order valence-corrected chi connectivity index (χ4v) is 5.76. The third-order valence-corrected chi connectivity index (χ3v) is 9.38. The Bertz CT molecular complexity index is 1670. The summed E-state index contributed by atoms with van der Waals surface area (Å²) in [6, 6.07) is 16.6. The molecule has 3 aromatic rings. The van der Waals surface area contributed by atoms with E-state index >= 15 is 0 Å². The highest BCUT2D eigenvalue weighted by molar-refractivity contribution is 6.16. The zero-order chi connectivity index (χ0) is 43.4. The third kappa shape index (κ3) is 20.3. The average molecular weight is 837 g/mol. The van der Waals surface area contributed by atoms with Crippen molar-refractivity contribution in [3.05, 3.63) is 127 Å². The number of hydrogen-bond donors (Lipinski definition) is 0. The largest absolute Gasteiger partial charge is 0.462 e. The maximum absolute atomic E-state index is 13.2. The summed E-state index contributed by atoms with van der Waals surface area (Å²) in [5.74, 6) is -2.72. The van der Waals surface area contributed by atoms with Gasteiger partial charge in [-0.25, -0.2) is 27.6 Å². The fraction of sp³-hybridized carbons (Fsp3) is 0.438. The molecule has 0 radical (unpaired) electrons. The second kappa shape index (κ2) is 29.2. The molecule has 0 saturated carbocycles. The molecule has 0 saturated heterocycles. The van der Waals surface area contributed by atoms with Crippen LogP contribution in [-0.2, 0) is 42.8 Å². The van der Waals surface area contributed by atoms with Gasteiger partial charge < -0.3 is 28.4 Å². The monoisotopic (exact) mass is 836 g/mol. The van der Waals surface area contributed by atoms with Gasteiger partial charge in [-0.2, -0.15) is 0 Å². The van der Waals surface area contributed by atoms with E-state index in [0.717, 1.165) is 57.8 Å².